The SMILES string of the molecule is CCCc1cc(=O)n2nc(NCC3(c4ccc(Cl)cc4)CC3)sc2n1. The van der Waals surface area contributed by atoms with Gasteiger partial charge in [-0.1, -0.05) is 48.4 Å². The molecule has 0 radical (unpaired) electrons. The fourth-order valence-electron chi connectivity index (χ4n) is 3.08. The van der Waals surface area contributed by atoms with Gasteiger partial charge < -0.3 is 5.32 Å². The molecule has 4 rings (SSSR count). The third-order valence-electron chi connectivity index (χ3n) is 4.69. The number of benzene rings is 1. The molecule has 1 aliphatic rings. The molecule has 7 heteroatoms. The van der Waals surface area contributed by atoms with Gasteiger partial charge in [0.25, 0.3) is 5.56 Å². The molecule has 1 saturated carbocycles. The molecule has 1 aliphatic carbocycles. The zero-order valence-corrected chi connectivity index (χ0v) is 15.5. The lowest BCUT2D eigenvalue weighted by molar-refractivity contribution is 0.729. The summed E-state index contributed by atoms with van der Waals surface area (Å²) in [4.78, 5) is 17.4. The molecule has 0 bridgehead atoms. The van der Waals surface area contributed by atoms with Gasteiger partial charge in [0.2, 0.25) is 10.1 Å². The Morgan fingerprint density at radius 1 is 1.32 bits per heavy atom. The van der Waals surface area contributed by atoms with Crippen molar-refractivity contribution in [1.82, 2.24) is 14.6 Å². The quantitative estimate of drug-likeness (QED) is 0.710. The Hall–Kier alpha value is -1.92. The molecule has 130 valence electrons. The largest absolute Gasteiger partial charge is 0.359 e. The van der Waals surface area contributed by atoms with E-state index in [1.54, 1.807) is 6.07 Å². The molecule has 2 aromatic heterocycles. The zero-order valence-electron chi connectivity index (χ0n) is 14.0. The lowest BCUT2D eigenvalue weighted by atomic mass is 9.96. The van der Waals surface area contributed by atoms with E-state index in [9.17, 15) is 4.79 Å². The Bertz CT molecular complexity index is 959. The molecule has 0 amide bonds. The molecule has 0 aliphatic heterocycles. The highest BCUT2D eigenvalue weighted by atomic mass is 35.5. The van der Waals surface area contributed by atoms with Gasteiger partial charge in [-0.2, -0.15) is 4.52 Å². The van der Waals surface area contributed by atoms with Gasteiger partial charge in [-0.15, -0.1) is 5.10 Å². The van der Waals surface area contributed by atoms with Crippen molar-refractivity contribution in [2.24, 2.45) is 0 Å². The standard InChI is InChI=1S/C18H19ClN4OS/c1-2-3-14-10-15(24)23-17(21-14)25-16(22-23)20-11-18(8-9-18)12-4-6-13(19)7-5-12/h4-7,10H,2-3,8-9,11H2,1H3,(H,20,22). The molecule has 0 unspecified atom stereocenters. The Kier molecular flexibility index (Phi) is 4.25. The predicted octanol–water partition coefficient (Wildman–Crippen LogP) is 3.90. The summed E-state index contributed by atoms with van der Waals surface area (Å²) in [5, 5.41) is 9.27. The van der Waals surface area contributed by atoms with Crippen molar-refractivity contribution in [1.29, 1.82) is 0 Å². The van der Waals surface area contributed by atoms with E-state index in [0.29, 0.717) is 4.96 Å². The van der Waals surface area contributed by atoms with Crippen LogP contribution in [0.15, 0.2) is 35.1 Å². The van der Waals surface area contributed by atoms with Gasteiger partial charge in [0.15, 0.2) is 0 Å². The van der Waals surface area contributed by atoms with Crippen molar-refractivity contribution in [3.8, 4) is 0 Å². The van der Waals surface area contributed by atoms with Crippen molar-refractivity contribution in [3.05, 3.63) is 57.0 Å². The third kappa shape index (κ3) is 3.28. The number of halogens is 1. The van der Waals surface area contributed by atoms with E-state index in [0.717, 1.165) is 48.1 Å². The van der Waals surface area contributed by atoms with Crippen LogP contribution in [0.25, 0.3) is 4.96 Å². The van der Waals surface area contributed by atoms with Crippen LogP contribution >= 0.6 is 22.9 Å². The second kappa shape index (κ2) is 6.42. The smallest absolute Gasteiger partial charge is 0.275 e. The van der Waals surface area contributed by atoms with Crippen molar-refractivity contribution >= 4 is 33.0 Å². The number of aryl methyl sites for hydroxylation is 1. The first-order valence-corrected chi connectivity index (χ1v) is 9.69. The number of fused-ring (bicyclic) bond motifs is 1. The molecule has 1 N–H and O–H groups in total. The molecule has 3 aromatic rings. The van der Waals surface area contributed by atoms with Crippen molar-refractivity contribution < 1.29 is 0 Å². The molecule has 2 heterocycles. The average Bonchev–Trinajstić information content (AvgIpc) is 3.27. The highest BCUT2D eigenvalue weighted by molar-refractivity contribution is 7.20. The van der Waals surface area contributed by atoms with Gasteiger partial charge in [-0.25, -0.2) is 4.98 Å². The molecule has 5 nitrogen and oxygen atoms in total. The van der Waals surface area contributed by atoms with Crippen LogP contribution < -0.4 is 10.9 Å². The van der Waals surface area contributed by atoms with E-state index in [-0.39, 0.29) is 11.0 Å². The van der Waals surface area contributed by atoms with Gasteiger partial charge >= 0.3 is 0 Å². The van der Waals surface area contributed by atoms with E-state index in [1.165, 1.54) is 21.4 Å². The highest BCUT2D eigenvalue weighted by Gasteiger charge is 2.44. The van der Waals surface area contributed by atoms with Crippen molar-refractivity contribution in [2.45, 2.75) is 38.0 Å². The molecular weight excluding hydrogens is 356 g/mol. The summed E-state index contributed by atoms with van der Waals surface area (Å²) in [6, 6.07) is 9.65. The lowest BCUT2D eigenvalue weighted by Gasteiger charge is -2.16. The first-order valence-electron chi connectivity index (χ1n) is 8.49. The minimum absolute atomic E-state index is 0.114. The molecule has 25 heavy (non-hydrogen) atoms. The fraction of sp³-hybridized carbons (Fsp3) is 0.389. The van der Waals surface area contributed by atoms with Crippen LogP contribution in [0.3, 0.4) is 0 Å². The fourth-order valence-corrected chi connectivity index (χ4v) is 4.02. The van der Waals surface area contributed by atoms with Crippen LogP contribution in [0.4, 0.5) is 5.13 Å². The molecule has 1 aromatic carbocycles. The van der Waals surface area contributed by atoms with Crippen LogP contribution in [-0.2, 0) is 11.8 Å². The van der Waals surface area contributed by atoms with Crippen LogP contribution in [0.1, 0.15) is 37.4 Å². The minimum atomic E-state index is -0.114. The first kappa shape index (κ1) is 16.5. The number of aromatic nitrogens is 3. The maximum Gasteiger partial charge on any atom is 0.275 e. The maximum atomic E-state index is 12.2. The first-order chi connectivity index (χ1) is 12.1. The van der Waals surface area contributed by atoms with E-state index in [1.807, 2.05) is 12.1 Å². The summed E-state index contributed by atoms with van der Waals surface area (Å²) in [6.45, 7) is 2.88. The van der Waals surface area contributed by atoms with Gasteiger partial charge in [0.05, 0.1) is 0 Å². The zero-order chi connectivity index (χ0) is 17.4. The number of anilines is 1. The van der Waals surface area contributed by atoms with E-state index < -0.39 is 0 Å². The van der Waals surface area contributed by atoms with Gasteiger partial charge in [-0.05, 0) is 37.0 Å². The summed E-state index contributed by atoms with van der Waals surface area (Å²) in [7, 11) is 0. The van der Waals surface area contributed by atoms with Crippen molar-refractivity contribution in [3.63, 3.8) is 0 Å². The van der Waals surface area contributed by atoms with E-state index in [2.05, 4.69) is 34.5 Å². The number of nitrogens with one attached hydrogen (secondary N) is 1. The van der Waals surface area contributed by atoms with E-state index in [4.69, 9.17) is 11.6 Å². The van der Waals surface area contributed by atoms with Gasteiger partial charge in [-0.3, -0.25) is 4.79 Å². The summed E-state index contributed by atoms with van der Waals surface area (Å²) in [5.74, 6) is 0. The summed E-state index contributed by atoms with van der Waals surface area (Å²) in [6.07, 6.45) is 4.07. The van der Waals surface area contributed by atoms with Crippen LogP contribution in [0.5, 0.6) is 0 Å². The monoisotopic (exact) mass is 374 g/mol. The maximum absolute atomic E-state index is 12.2. The molecule has 0 saturated heterocycles. The van der Waals surface area contributed by atoms with Crippen LogP contribution in [0.2, 0.25) is 5.02 Å². The van der Waals surface area contributed by atoms with Gasteiger partial charge in [0, 0.05) is 28.7 Å². The number of rotatable bonds is 6. The Morgan fingerprint density at radius 3 is 2.76 bits per heavy atom. The van der Waals surface area contributed by atoms with Crippen LogP contribution in [-0.4, -0.2) is 21.1 Å². The summed E-state index contributed by atoms with van der Waals surface area (Å²) in [5.41, 5.74) is 2.17. The second-order valence-corrected chi connectivity index (χ2v) is 7.97. The van der Waals surface area contributed by atoms with Crippen LogP contribution in [0, 0.1) is 0 Å². The Labute approximate surface area is 154 Å². The molecular formula is C18H19ClN4OS. The molecule has 0 spiro atoms. The summed E-state index contributed by atoms with van der Waals surface area (Å²) < 4.78 is 1.38. The average molecular weight is 375 g/mol. The van der Waals surface area contributed by atoms with E-state index >= 15 is 0 Å². The normalized spacial score (nSPS) is 15.4. The number of nitrogens with zero attached hydrogens (tertiary/aromatic N) is 3. The predicted molar refractivity (Wildman–Crippen MR) is 102 cm³/mol. The third-order valence-corrected chi connectivity index (χ3v) is 5.81. The number of hydrogen-bond donors (Lipinski definition) is 1. The highest BCUT2D eigenvalue weighted by Crippen LogP contribution is 2.48. The topological polar surface area (TPSA) is 59.3 Å². The lowest BCUT2D eigenvalue weighted by Crippen LogP contribution is -2.20. The van der Waals surface area contributed by atoms with Crippen molar-refractivity contribution in [2.75, 3.05) is 11.9 Å². The summed E-state index contributed by atoms with van der Waals surface area (Å²) >= 11 is 7.41. The second-order valence-electron chi connectivity index (χ2n) is 6.58. The Balaban J connectivity index is 1.54. The Morgan fingerprint density at radius 2 is 2.08 bits per heavy atom. The molecule has 0 atom stereocenters. The molecule has 1 fully saturated rings. The van der Waals surface area contributed by atoms with Gasteiger partial charge in [0.1, 0.15) is 0 Å². The number of hydrogen-bond acceptors (Lipinski definition) is 5. The minimum Gasteiger partial charge on any atom is -0.359 e.